The average molecular weight is 510 g/mol. The van der Waals surface area contributed by atoms with E-state index in [1.54, 1.807) is 41.5 Å². The van der Waals surface area contributed by atoms with Crippen LogP contribution in [0.15, 0.2) is 30.3 Å². The molecule has 0 bridgehead atoms. The van der Waals surface area contributed by atoms with E-state index in [1.807, 2.05) is 30.3 Å². The number of alkyl carbamates (subject to hydrolysis) is 2. The summed E-state index contributed by atoms with van der Waals surface area (Å²) in [5.74, 6) is -0.464. The maximum absolute atomic E-state index is 12.3. The number of rotatable bonds is 11. The van der Waals surface area contributed by atoms with Crippen molar-refractivity contribution >= 4 is 35.4 Å². The van der Waals surface area contributed by atoms with E-state index in [-0.39, 0.29) is 13.2 Å². The number of unbranched alkanes of at least 4 members (excludes halogenated alkanes) is 1. The van der Waals surface area contributed by atoms with Gasteiger partial charge in [-0.15, -0.1) is 0 Å². The lowest BCUT2D eigenvalue weighted by molar-refractivity contribution is -0.143. The summed E-state index contributed by atoms with van der Waals surface area (Å²) in [6, 6.07) is 8.80. The van der Waals surface area contributed by atoms with Crippen molar-refractivity contribution in [3.05, 3.63) is 35.9 Å². The summed E-state index contributed by atoms with van der Waals surface area (Å²) in [5, 5.41) is 8.32. The molecule has 1 aromatic rings. The highest BCUT2D eigenvalue weighted by atomic mass is 32.1. The Kier molecular flexibility index (Phi) is 12.5. The summed E-state index contributed by atoms with van der Waals surface area (Å²) >= 11 is 5.43. The molecule has 0 aromatic heterocycles. The molecule has 0 spiro atoms. The SMILES string of the molecule is CC(C)(C)OC(=O)NCCCCC(NC(=O)OC(C)(C)C)C(=S)NCC(=O)OCc1ccccc1. The zero-order valence-corrected chi connectivity index (χ0v) is 22.4. The topological polar surface area (TPSA) is 115 Å². The Morgan fingerprint density at radius 3 is 2.09 bits per heavy atom. The van der Waals surface area contributed by atoms with Crippen LogP contribution in [0.5, 0.6) is 0 Å². The van der Waals surface area contributed by atoms with Gasteiger partial charge in [0.05, 0.1) is 11.0 Å². The molecule has 10 heteroatoms. The number of nitrogens with one attached hydrogen (secondary N) is 3. The number of esters is 1. The summed E-state index contributed by atoms with van der Waals surface area (Å²) < 4.78 is 15.8. The quantitative estimate of drug-likeness (QED) is 0.176. The lowest BCUT2D eigenvalue weighted by Crippen LogP contribution is -2.48. The number of hydrogen-bond donors (Lipinski definition) is 3. The maximum atomic E-state index is 12.3. The van der Waals surface area contributed by atoms with Crippen molar-refractivity contribution < 1.29 is 28.6 Å². The zero-order valence-electron chi connectivity index (χ0n) is 21.6. The van der Waals surface area contributed by atoms with Crippen molar-refractivity contribution in [1.82, 2.24) is 16.0 Å². The number of ether oxygens (including phenoxy) is 3. The zero-order chi connectivity index (χ0) is 26.5. The first-order chi connectivity index (χ1) is 16.2. The molecule has 3 N–H and O–H groups in total. The van der Waals surface area contributed by atoms with Gasteiger partial charge >= 0.3 is 18.2 Å². The highest BCUT2D eigenvalue weighted by molar-refractivity contribution is 7.80. The first-order valence-electron chi connectivity index (χ1n) is 11.7. The van der Waals surface area contributed by atoms with Crippen LogP contribution < -0.4 is 16.0 Å². The van der Waals surface area contributed by atoms with E-state index in [0.29, 0.717) is 30.8 Å². The van der Waals surface area contributed by atoms with Gasteiger partial charge in [-0.2, -0.15) is 0 Å². The molecule has 35 heavy (non-hydrogen) atoms. The van der Waals surface area contributed by atoms with Gasteiger partial charge in [-0.3, -0.25) is 4.79 Å². The van der Waals surface area contributed by atoms with Crippen LogP contribution in [-0.2, 0) is 25.6 Å². The fourth-order valence-corrected chi connectivity index (χ4v) is 3.02. The predicted octanol–water partition coefficient (Wildman–Crippen LogP) is 4.24. The second kappa shape index (κ2) is 14.5. The fraction of sp³-hybridized carbons (Fsp3) is 0.600. The van der Waals surface area contributed by atoms with Crippen molar-refractivity contribution in [2.24, 2.45) is 0 Å². The summed E-state index contributed by atoms with van der Waals surface area (Å²) in [5.41, 5.74) is -0.345. The molecular weight excluding hydrogens is 470 g/mol. The standard InChI is InChI=1S/C25H39N3O6S/c1-24(2,3)33-22(30)26-15-11-10-14-19(28-23(31)34-25(4,5)6)21(35)27-16-20(29)32-17-18-12-8-7-9-13-18/h7-9,12-13,19H,10-11,14-17H2,1-6H3,(H,26,30)(H,27,35)(H,28,31). The number of thiocarbonyl (C=S) groups is 1. The predicted molar refractivity (Wildman–Crippen MR) is 138 cm³/mol. The smallest absolute Gasteiger partial charge is 0.408 e. The van der Waals surface area contributed by atoms with E-state index in [1.165, 1.54) is 0 Å². The monoisotopic (exact) mass is 509 g/mol. The molecule has 0 saturated carbocycles. The van der Waals surface area contributed by atoms with E-state index in [4.69, 9.17) is 26.4 Å². The Bertz CT molecular complexity index is 834. The average Bonchev–Trinajstić information content (AvgIpc) is 2.73. The van der Waals surface area contributed by atoms with Gasteiger partial charge in [-0.1, -0.05) is 42.5 Å². The Balaban J connectivity index is 2.53. The maximum Gasteiger partial charge on any atom is 0.408 e. The van der Waals surface area contributed by atoms with Crippen LogP contribution in [-0.4, -0.2) is 53.5 Å². The molecule has 0 radical (unpaired) electrons. The van der Waals surface area contributed by atoms with Gasteiger partial charge in [0.25, 0.3) is 0 Å². The second-order valence-corrected chi connectivity index (χ2v) is 10.4. The molecule has 9 nitrogen and oxygen atoms in total. The molecule has 196 valence electrons. The van der Waals surface area contributed by atoms with Crippen LogP contribution in [0, 0.1) is 0 Å². The molecule has 0 fully saturated rings. The third kappa shape index (κ3) is 15.6. The molecule has 0 aliphatic rings. The highest BCUT2D eigenvalue weighted by Gasteiger charge is 2.22. The molecule has 0 heterocycles. The summed E-state index contributed by atoms with van der Waals surface area (Å²) in [6.07, 6.45) is 0.696. The molecule has 1 aromatic carbocycles. The van der Waals surface area contributed by atoms with E-state index < -0.39 is 35.4 Å². The number of amides is 2. The van der Waals surface area contributed by atoms with Gasteiger partial charge in [0.2, 0.25) is 0 Å². The van der Waals surface area contributed by atoms with Crippen LogP contribution in [0.3, 0.4) is 0 Å². The Hall–Kier alpha value is -2.88. The minimum absolute atomic E-state index is 0.127. The second-order valence-electron chi connectivity index (χ2n) is 9.99. The Morgan fingerprint density at radius 1 is 0.886 bits per heavy atom. The van der Waals surface area contributed by atoms with E-state index in [0.717, 1.165) is 5.56 Å². The lowest BCUT2D eigenvalue weighted by atomic mass is 10.1. The van der Waals surface area contributed by atoms with Crippen molar-refractivity contribution in [2.75, 3.05) is 13.1 Å². The van der Waals surface area contributed by atoms with Crippen LogP contribution in [0.1, 0.15) is 66.4 Å². The van der Waals surface area contributed by atoms with Gasteiger partial charge in [-0.05, 0) is 66.4 Å². The van der Waals surface area contributed by atoms with Gasteiger partial charge in [0.1, 0.15) is 24.4 Å². The van der Waals surface area contributed by atoms with Crippen molar-refractivity contribution in [2.45, 2.75) is 84.7 Å². The van der Waals surface area contributed by atoms with E-state index in [9.17, 15) is 14.4 Å². The number of benzene rings is 1. The Labute approximate surface area is 213 Å². The van der Waals surface area contributed by atoms with Gasteiger partial charge in [-0.25, -0.2) is 9.59 Å². The molecule has 2 amide bonds. The lowest BCUT2D eigenvalue weighted by Gasteiger charge is -2.24. The van der Waals surface area contributed by atoms with Crippen molar-refractivity contribution in [3.8, 4) is 0 Å². The Morgan fingerprint density at radius 2 is 1.49 bits per heavy atom. The third-order valence-electron chi connectivity index (χ3n) is 4.24. The van der Waals surface area contributed by atoms with E-state index >= 15 is 0 Å². The van der Waals surface area contributed by atoms with Crippen LogP contribution in [0.25, 0.3) is 0 Å². The third-order valence-corrected chi connectivity index (χ3v) is 4.67. The largest absolute Gasteiger partial charge is 0.460 e. The summed E-state index contributed by atoms with van der Waals surface area (Å²) in [6.45, 7) is 11.1. The van der Waals surface area contributed by atoms with Crippen LogP contribution in [0.4, 0.5) is 9.59 Å². The fourth-order valence-electron chi connectivity index (χ4n) is 2.77. The van der Waals surface area contributed by atoms with Crippen LogP contribution >= 0.6 is 12.2 Å². The highest BCUT2D eigenvalue weighted by Crippen LogP contribution is 2.10. The molecule has 1 atom stereocenters. The first kappa shape index (κ1) is 30.2. The van der Waals surface area contributed by atoms with E-state index in [2.05, 4.69) is 16.0 Å². The molecule has 0 aliphatic heterocycles. The molecule has 0 aliphatic carbocycles. The van der Waals surface area contributed by atoms with Crippen molar-refractivity contribution in [1.29, 1.82) is 0 Å². The van der Waals surface area contributed by atoms with Gasteiger partial charge in [0, 0.05) is 6.54 Å². The molecular formula is C25H39N3O6S. The first-order valence-corrected chi connectivity index (χ1v) is 12.1. The number of carbonyl (C=O) groups is 3. The van der Waals surface area contributed by atoms with Gasteiger partial charge < -0.3 is 30.2 Å². The number of carbonyl (C=O) groups excluding carboxylic acids is 3. The molecule has 0 saturated heterocycles. The molecule has 1 unspecified atom stereocenters. The van der Waals surface area contributed by atoms with Crippen molar-refractivity contribution in [3.63, 3.8) is 0 Å². The van der Waals surface area contributed by atoms with Crippen LogP contribution in [0.2, 0.25) is 0 Å². The summed E-state index contributed by atoms with van der Waals surface area (Å²) in [4.78, 5) is 36.5. The minimum Gasteiger partial charge on any atom is -0.460 e. The minimum atomic E-state index is -0.664. The summed E-state index contributed by atoms with van der Waals surface area (Å²) in [7, 11) is 0. The normalized spacial score (nSPS) is 12.2. The molecule has 1 rings (SSSR count). The van der Waals surface area contributed by atoms with Gasteiger partial charge in [0.15, 0.2) is 0 Å². The number of hydrogen-bond acceptors (Lipinski definition) is 7.